The van der Waals surface area contributed by atoms with Crippen LogP contribution in [0.25, 0.3) is 0 Å². The molecule has 2 saturated heterocycles. The van der Waals surface area contributed by atoms with E-state index < -0.39 is 16.6 Å². The zero-order chi connectivity index (χ0) is 23.6. The first kappa shape index (κ1) is 22.3. The number of carbonyl (C=O) groups is 2. The van der Waals surface area contributed by atoms with Crippen molar-refractivity contribution in [1.82, 2.24) is 0 Å². The van der Waals surface area contributed by atoms with Gasteiger partial charge in [-0.15, -0.1) is 0 Å². The summed E-state index contributed by atoms with van der Waals surface area (Å²) in [6.07, 6.45) is 11.0. The number of hydrogen-bond acceptors (Lipinski definition) is 4. The Kier molecular flexibility index (Phi) is 4.42. The highest BCUT2D eigenvalue weighted by atomic mass is 16.7. The van der Waals surface area contributed by atoms with Crippen molar-refractivity contribution < 1.29 is 19.1 Å². The van der Waals surface area contributed by atoms with E-state index in [1.165, 1.54) is 12.0 Å². The van der Waals surface area contributed by atoms with E-state index in [-0.39, 0.29) is 34.7 Å². The van der Waals surface area contributed by atoms with Crippen molar-refractivity contribution in [3.8, 4) is 0 Å². The highest BCUT2D eigenvalue weighted by molar-refractivity contribution is 5.88. The Hall–Kier alpha value is -1.16. The first-order chi connectivity index (χ1) is 15.5. The van der Waals surface area contributed by atoms with Gasteiger partial charge in [0.25, 0.3) is 0 Å². The van der Waals surface area contributed by atoms with Crippen LogP contribution in [0.15, 0.2) is 11.6 Å². The van der Waals surface area contributed by atoms with Crippen LogP contribution in [0.1, 0.15) is 99.3 Å². The number of epoxide rings is 1. The van der Waals surface area contributed by atoms with E-state index in [0.29, 0.717) is 24.0 Å². The Morgan fingerprint density at radius 1 is 1.12 bits per heavy atom. The maximum Gasteiger partial charge on any atom is 0.316 e. The number of Topliss-reactive ketones (excluding diaryl/α,β-unsaturated/α-hetero) is 1. The van der Waals surface area contributed by atoms with Crippen molar-refractivity contribution in [2.24, 2.45) is 39.9 Å². The molecule has 0 aromatic carbocycles. The minimum atomic E-state index is -0.542. The molecule has 10 atom stereocenters. The number of ether oxygens (including phenoxy) is 2. The summed E-state index contributed by atoms with van der Waals surface area (Å²) < 4.78 is 13.5. The summed E-state index contributed by atoms with van der Waals surface area (Å²) in [5.74, 6) is 1.83. The van der Waals surface area contributed by atoms with Gasteiger partial charge in [0.15, 0.2) is 11.2 Å². The van der Waals surface area contributed by atoms with Gasteiger partial charge < -0.3 is 9.47 Å². The van der Waals surface area contributed by atoms with Gasteiger partial charge in [-0.25, -0.2) is 0 Å². The lowest BCUT2D eigenvalue weighted by atomic mass is 9.38. The molecular weight excluding hydrogens is 412 g/mol. The zero-order valence-electron chi connectivity index (χ0n) is 21.5. The van der Waals surface area contributed by atoms with Gasteiger partial charge >= 0.3 is 5.97 Å². The molecule has 2 spiro atoms. The number of hydrogen-bond donors (Lipinski definition) is 0. The maximum absolute atomic E-state index is 14.1. The zero-order valence-corrected chi connectivity index (χ0v) is 21.5. The third-order valence-electron chi connectivity index (χ3n) is 12.3. The Bertz CT molecular complexity index is 949. The van der Waals surface area contributed by atoms with Gasteiger partial charge in [0.2, 0.25) is 0 Å². The molecule has 0 radical (unpaired) electrons. The topological polar surface area (TPSA) is 55.9 Å². The molecule has 4 nitrogen and oxygen atoms in total. The fourth-order valence-corrected chi connectivity index (χ4v) is 10.6. The van der Waals surface area contributed by atoms with Crippen molar-refractivity contribution in [3.05, 3.63) is 11.6 Å². The third-order valence-corrected chi connectivity index (χ3v) is 12.3. The highest BCUT2D eigenvalue weighted by Crippen LogP contribution is 2.86. The third kappa shape index (κ3) is 2.21. The number of fused-ring (bicyclic) bond motifs is 1. The molecule has 0 aromatic rings. The van der Waals surface area contributed by atoms with Gasteiger partial charge in [-0.3, -0.25) is 9.59 Å². The minimum absolute atomic E-state index is 0.0373. The van der Waals surface area contributed by atoms with Crippen molar-refractivity contribution in [3.63, 3.8) is 0 Å². The lowest BCUT2D eigenvalue weighted by Gasteiger charge is -2.62. The largest absolute Gasteiger partial charge is 0.455 e. The van der Waals surface area contributed by atoms with Crippen LogP contribution in [0.4, 0.5) is 0 Å². The van der Waals surface area contributed by atoms with Crippen LogP contribution < -0.4 is 0 Å². The predicted octanol–water partition coefficient (Wildman–Crippen LogP) is 6.02. The molecule has 182 valence electrons. The number of esters is 1. The standard InChI is InChI=1S/C29H42O4/c1-17(2)8-7-9-18(3)20-10-13-27-24(31)33-28(15-14-25(20,27)5)26(6)12-11-22(30)19(4)21(26)16-23-29(27,28)32-23/h8,18-21,23H,7,9-16H2,1-6H3. The van der Waals surface area contributed by atoms with Crippen LogP contribution in [0.2, 0.25) is 0 Å². The summed E-state index contributed by atoms with van der Waals surface area (Å²) in [4.78, 5) is 26.8. The molecule has 4 heteroatoms. The van der Waals surface area contributed by atoms with E-state index in [0.717, 1.165) is 44.9 Å². The van der Waals surface area contributed by atoms with Gasteiger partial charge in [-0.1, -0.05) is 39.3 Å². The summed E-state index contributed by atoms with van der Waals surface area (Å²) in [7, 11) is 0. The van der Waals surface area contributed by atoms with E-state index in [4.69, 9.17) is 9.47 Å². The fraction of sp³-hybridized carbons (Fsp3) is 0.862. The lowest BCUT2D eigenvalue weighted by molar-refractivity contribution is -0.205. The first-order valence-electron chi connectivity index (χ1n) is 13.6. The normalized spacial score (nSPS) is 54.5. The van der Waals surface area contributed by atoms with Crippen LogP contribution in [0, 0.1) is 39.9 Å². The van der Waals surface area contributed by atoms with E-state index in [1.54, 1.807) is 0 Å². The second kappa shape index (κ2) is 6.53. The molecule has 0 aromatic heterocycles. The Balaban J connectivity index is 1.40. The Morgan fingerprint density at radius 2 is 1.88 bits per heavy atom. The molecule has 0 N–H and O–H groups in total. The van der Waals surface area contributed by atoms with Crippen molar-refractivity contribution >= 4 is 11.8 Å². The average molecular weight is 455 g/mol. The fourth-order valence-electron chi connectivity index (χ4n) is 10.6. The van der Waals surface area contributed by atoms with E-state index in [2.05, 4.69) is 47.6 Å². The van der Waals surface area contributed by atoms with Crippen LogP contribution in [0.5, 0.6) is 0 Å². The van der Waals surface area contributed by atoms with Crippen LogP contribution in [0.3, 0.4) is 0 Å². The molecule has 4 saturated carbocycles. The Morgan fingerprint density at radius 3 is 2.61 bits per heavy atom. The van der Waals surface area contributed by atoms with E-state index >= 15 is 0 Å². The predicted molar refractivity (Wildman–Crippen MR) is 126 cm³/mol. The first-order valence-corrected chi connectivity index (χ1v) is 13.6. The number of allylic oxidation sites excluding steroid dienone is 2. The minimum Gasteiger partial charge on any atom is -0.455 e. The SMILES string of the molecule is CC(C)=CCCC(C)C1CCC23C(=O)OC4(CCC12C)C1(C)CCC(=O)C(C)C1CC1OC143. The van der Waals surface area contributed by atoms with Crippen LogP contribution >= 0.6 is 0 Å². The van der Waals surface area contributed by atoms with Gasteiger partial charge in [-0.2, -0.15) is 0 Å². The second-order valence-corrected chi connectivity index (χ2v) is 13.4. The summed E-state index contributed by atoms with van der Waals surface area (Å²) in [5, 5.41) is 0. The summed E-state index contributed by atoms with van der Waals surface area (Å²) in [6, 6.07) is 0. The molecule has 2 heterocycles. The molecule has 6 aliphatic rings. The number of rotatable bonds is 4. The number of ketones is 1. The van der Waals surface area contributed by atoms with Crippen LogP contribution in [-0.4, -0.2) is 29.1 Å². The second-order valence-electron chi connectivity index (χ2n) is 13.4. The van der Waals surface area contributed by atoms with Crippen molar-refractivity contribution in [1.29, 1.82) is 0 Å². The summed E-state index contributed by atoms with van der Waals surface area (Å²) >= 11 is 0. The van der Waals surface area contributed by atoms with Gasteiger partial charge in [0.05, 0.1) is 6.10 Å². The molecule has 2 bridgehead atoms. The maximum atomic E-state index is 14.1. The molecule has 0 amide bonds. The van der Waals surface area contributed by atoms with Gasteiger partial charge in [0, 0.05) is 17.8 Å². The molecule has 6 fully saturated rings. The van der Waals surface area contributed by atoms with Gasteiger partial charge in [0.1, 0.15) is 11.2 Å². The molecule has 6 rings (SSSR count). The molecule has 4 aliphatic carbocycles. The van der Waals surface area contributed by atoms with Gasteiger partial charge in [-0.05, 0) is 88.4 Å². The Labute approximate surface area is 199 Å². The molecule has 10 unspecified atom stereocenters. The van der Waals surface area contributed by atoms with Crippen molar-refractivity contribution in [2.75, 3.05) is 0 Å². The number of carbonyl (C=O) groups excluding carboxylic acids is 2. The highest BCUT2D eigenvalue weighted by Gasteiger charge is 2.97. The quantitative estimate of drug-likeness (QED) is 0.296. The molecule has 33 heavy (non-hydrogen) atoms. The van der Waals surface area contributed by atoms with Crippen molar-refractivity contribution in [2.45, 2.75) is 117 Å². The smallest absolute Gasteiger partial charge is 0.316 e. The summed E-state index contributed by atoms with van der Waals surface area (Å²) in [5.41, 5.74) is -0.347. The summed E-state index contributed by atoms with van der Waals surface area (Å²) in [6.45, 7) is 13.6. The average Bonchev–Trinajstić information content (AvgIpc) is 3.34. The van der Waals surface area contributed by atoms with Crippen LogP contribution in [-0.2, 0) is 19.1 Å². The molecular formula is C29H42O4. The van der Waals surface area contributed by atoms with E-state index in [1.807, 2.05) is 0 Å². The lowest BCUT2D eigenvalue weighted by Crippen LogP contribution is -2.71. The van der Waals surface area contributed by atoms with E-state index in [9.17, 15) is 9.59 Å². The molecule has 2 aliphatic heterocycles. The monoisotopic (exact) mass is 454 g/mol.